The third-order valence-corrected chi connectivity index (χ3v) is 4.17. The molecule has 0 heterocycles. The van der Waals surface area contributed by atoms with Crippen LogP contribution in [0.1, 0.15) is 16.7 Å². The Kier molecular flexibility index (Phi) is 6.47. The first-order valence-electron chi connectivity index (χ1n) is 9.04. The highest BCUT2D eigenvalue weighted by Gasteiger charge is 2.05. The summed E-state index contributed by atoms with van der Waals surface area (Å²) >= 11 is 0. The zero-order valence-corrected chi connectivity index (χ0v) is 16.0. The van der Waals surface area contributed by atoms with Crippen LogP contribution in [0.3, 0.4) is 0 Å². The second-order valence-electron chi connectivity index (χ2n) is 6.37. The Labute approximate surface area is 165 Å². The zero-order valence-electron chi connectivity index (χ0n) is 16.0. The molecule has 0 fully saturated rings. The van der Waals surface area contributed by atoms with E-state index < -0.39 is 0 Å². The van der Waals surface area contributed by atoms with E-state index in [1.807, 2.05) is 79.7 Å². The van der Waals surface area contributed by atoms with Gasteiger partial charge in [0, 0.05) is 6.08 Å². The summed E-state index contributed by atoms with van der Waals surface area (Å²) in [6, 6.07) is 23.3. The fraction of sp³-hybridized carbons (Fsp3) is 0.125. The first-order chi connectivity index (χ1) is 13.6. The van der Waals surface area contributed by atoms with Gasteiger partial charge >= 0.3 is 0 Å². The van der Waals surface area contributed by atoms with Crippen molar-refractivity contribution in [2.45, 2.75) is 13.5 Å². The molecular weight excluding hydrogens is 350 g/mol. The normalized spacial score (nSPS) is 10.6. The Bertz CT molecular complexity index is 947. The van der Waals surface area contributed by atoms with Crippen LogP contribution < -0.4 is 14.8 Å². The first kappa shape index (κ1) is 19.2. The van der Waals surface area contributed by atoms with Crippen LogP contribution in [0.15, 0.2) is 78.9 Å². The van der Waals surface area contributed by atoms with Gasteiger partial charge in [0.05, 0.1) is 12.8 Å². The van der Waals surface area contributed by atoms with Gasteiger partial charge in [-0.25, -0.2) is 0 Å². The van der Waals surface area contributed by atoms with Gasteiger partial charge in [-0.2, -0.15) is 0 Å². The molecule has 0 aromatic heterocycles. The van der Waals surface area contributed by atoms with Crippen molar-refractivity contribution in [1.29, 1.82) is 0 Å². The number of methoxy groups -OCH3 is 1. The molecule has 4 nitrogen and oxygen atoms in total. The Morgan fingerprint density at radius 3 is 2.46 bits per heavy atom. The van der Waals surface area contributed by atoms with E-state index in [1.165, 1.54) is 6.08 Å². The van der Waals surface area contributed by atoms with Gasteiger partial charge in [0.25, 0.3) is 0 Å². The van der Waals surface area contributed by atoms with Crippen LogP contribution in [0.4, 0.5) is 5.69 Å². The van der Waals surface area contributed by atoms with E-state index in [4.69, 9.17) is 9.47 Å². The lowest BCUT2D eigenvalue weighted by molar-refractivity contribution is -0.111. The number of amides is 1. The van der Waals surface area contributed by atoms with E-state index in [1.54, 1.807) is 13.2 Å². The van der Waals surface area contributed by atoms with Crippen molar-refractivity contribution in [2.24, 2.45) is 0 Å². The minimum Gasteiger partial charge on any atom is -0.495 e. The monoisotopic (exact) mass is 373 g/mol. The van der Waals surface area contributed by atoms with Crippen molar-refractivity contribution in [3.63, 3.8) is 0 Å². The Morgan fingerprint density at radius 2 is 1.75 bits per heavy atom. The number of carbonyl (C=O) groups is 1. The fourth-order valence-electron chi connectivity index (χ4n) is 2.68. The topological polar surface area (TPSA) is 47.6 Å². The van der Waals surface area contributed by atoms with E-state index in [0.717, 1.165) is 22.4 Å². The number of anilines is 1. The number of nitrogens with one attached hydrogen (secondary N) is 1. The Morgan fingerprint density at radius 1 is 1.00 bits per heavy atom. The fourth-order valence-corrected chi connectivity index (χ4v) is 2.68. The lowest BCUT2D eigenvalue weighted by Crippen LogP contribution is -2.09. The predicted octanol–water partition coefficient (Wildman–Crippen LogP) is 5.23. The number of carbonyl (C=O) groups excluding carboxylic acids is 1. The van der Waals surface area contributed by atoms with Gasteiger partial charge < -0.3 is 14.8 Å². The lowest BCUT2D eigenvalue weighted by Gasteiger charge is -2.09. The van der Waals surface area contributed by atoms with Crippen molar-refractivity contribution < 1.29 is 14.3 Å². The molecule has 3 rings (SSSR count). The molecule has 0 aliphatic heterocycles. The molecule has 0 spiro atoms. The van der Waals surface area contributed by atoms with Crippen LogP contribution in [0.5, 0.6) is 11.5 Å². The third-order valence-electron chi connectivity index (χ3n) is 4.17. The van der Waals surface area contributed by atoms with Crippen LogP contribution >= 0.6 is 0 Å². The second kappa shape index (κ2) is 9.42. The molecule has 0 saturated heterocycles. The molecule has 0 radical (unpaired) electrons. The highest BCUT2D eigenvalue weighted by Crippen LogP contribution is 2.25. The maximum atomic E-state index is 12.2. The number of aryl methyl sites for hydroxylation is 1. The highest BCUT2D eigenvalue weighted by molar-refractivity contribution is 6.02. The number of hydrogen-bond donors (Lipinski definition) is 1. The summed E-state index contributed by atoms with van der Waals surface area (Å²) in [5.41, 5.74) is 3.74. The van der Waals surface area contributed by atoms with Crippen molar-refractivity contribution >= 4 is 17.7 Å². The summed E-state index contributed by atoms with van der Waals surface area (Å²) in [6.45, 7) is 2.49. The molecule has 0 atom stereocenters. The molecule has 3 aromatic carbocycles. The molecule has 0 aliphatic rings. The average Bonchev–Trinajstić information content (AvgIpc) is 2.72. The number of ether oxygens (including phenoxy) is 2. The van der Waals surface area contributed by atoms with Gasteiger partial charge in [-0.15, -0.1) is 0 Å². The summed E-state index contributed by atoms with van der Waals surface area (Å²) < 4.78 is 11.1. The van der Waals surface area contributed by atoms with Crippen LogP contribution in [0.2, 0.25) is 0 Å². The quantitative estimate of drug-likeness (QED) is 0.577. The Balaban J connectivity index is 1.56. The van der Waals surface area contributed by atoms with Gasteiger partial charge in [-0.05, 0) is 54.0 Å². The number of rotatable bonds is 7. The maximum absolute atomic E-state index is 12.2. The van der Waals surface area contributed by atoms with Gasteiger partial charge in [-0.1, -0.05) is 48.5 Å². The molecule has 0 aliphatic carbocycles. The van der Waals surface area contributed by atoms with Gasteiger partial charge in [0.15, 0.2) is 0 Å². The largest absolute Gasteiger partial charge is 0.495 e. The highest BCUT2D eigenvalue weighted by atomic mass is 16.5. The van der Waals surface area contributed by atoms with Crippen LogP contribution in [0.25, 0.3) is 6.08 Å². The summed E-state index contributed by atoms with van der Waals surface area (Å²) in [6.07, 6.45) is 3.26. The lowest BCUT2D eigenvalue weighted by atomic mass is 10.2. The van der Waals surface area contributed by atoms with Crippen LogP contribution in [-0.4, -0.2) is 13.0 Å². The van der Waals surface area contributed by atoms with E-state index in [-0.39, 0.29) is 5.91 Å². The van der Waals surface area contributed by atoms with Crippen molar-refractivity contribution in [2.75, 3.05) is 12.4 Å². The van der Waals surface area contributed by atoms with E-state index in [9.17, 15) is 4.79 Å². The molecular formula is C24H23NO3. The standard InChI is InChI=1S/C24H23NO3/c1-18-8-14-23(27-2)22(16-18)25-24(26)15-11-19-9-12-21(13-10-19)28-17-20-6-4-3-5-7-20/h3-16H,17H2,1-2H3,(H,25,26)/b15-11+. The molecule has 28 heavy (non-hydrogen) atoms. The zero-order chi connectivity index (χ0) is 19.8. The molecule has 0 unspecified atom stereocenters. The van der Waals surface area contributed by atoms with Crippen LogP contribution in [0, 0.1) is 6.92 Å². The second-order valence-corrected chi connectivity index (χ2v) is 6.37. The molecule has 1 amide bonds. The van der Waals surface area contributed by atoms with Gasteiger partial charge in [0.1, 0.15) is 18.1 Å². The van der Waals surface area contributed by atoms with Crippen LogP contribution in [-0.2, 0) is 11.4 Å². The number of benzene rings is 3. The van der Waals surface area contributed by atoms with Gasteiger partial charge in [-0.3, -0.25) is 4.79 Å². The summed E-state index contributed by atoms with van der Waals surface area (Å²) in [5, 5.41) is 2.85. The third kappa shape index (κ3) is 5.48. The van der Waals surface area contributed by atoms with Gasteiger partial charge in [0.2, 0.25) is 5.91 Å². The van der Waals surface area contributed by atoms with Crippen molar-refractivity contribution in [1.82, 2.24) is 0 Å². The summed E-state index contributed by atoms with van der Waals surface area (Å²) in [4.78, 5) is 12.2. The molecule has 4 heteroatoms. The first-order valence-corrected chi connectivity index (χ1v) is 9.04. The average molecular weight is 373 g/mol. The summed E-state index contributed by atoms with van der Waals surface area (Å²) in [7, 11) is 1.58. The maximum Gasteiger partial charge on any atom is 0.248 e. The van der Waals surface area contributed by atoms with E-state index >= 15 is 0 Å². The van der Waals surface area contributed by atoms with E-state index in [2.05, 4.69) is 5.32 Å². The molecule has 1 N–H and O–H groups in total. The molecule has 0 saturated carbocycles. The number of hydrogen-bond acceptors (Lipinski definition) is 3. The summed E-state index contributed by atoms with van der Waals surface area (Å²) in [5.74, 6) is 1.20. The molecule has 3 aromatic rings. The Hall–Kier alpha value is -3.53. The molecule has 142 valence electrons. The minimum atomic E-state index is -0.215. The minimum absolute atomic E-state index is 0.215. The van der Waals surface area contributed by atoms with E-state index in [0.29, 0.717) is 18.0 Å². The predicted molar refractivity (Wildman–Crippen MR) is 113 cm³/mol. The van der Waals surface area contributed by atoms with Crippen molar-refractivity contribution in [3.05, 3.63) is 95.6 Å². The van der Waals surface area contributed by atoms with Crippen molar-refractivity contribution in [3.8, 4) is 11.5 Å². The SMILES string of the molecule is COc1ccc(C)cc1NC(=O)/C=C/c1ccc(OCc2ccccc2)cc1. The smallest absolute Gasteiger partial charge is 0.248 e. The molecule has 0 bridgehead atoms.